The van der Waals surface area contributed by atoms with Crippen molar-refractivity contribution in [2.24, 2.45) is 10.4 Å². The number of hydrogen-bond acceptors (Lipinski definition) is 4. The van der Waals surface area contributed by atoms with E-state index in [1.165, 1.54) is 12.0 Å². The standard InChI is InChI=1S/C24H38N6O.HI/c1-5-25-23(26-18-24(2,3)15-9-12-19-10-7-6-8-11-19)27-20-13-14-22-28-21(17-31-4)29-30(22)16-20;/h6-8,10-11,20H,5,9,12-18H2,1-4H3,(H2,25,26,27);1H. The zero-order chi connectivity index (χ0) is 22.1. The minimum atomic E-state index is 0. The molecule has 2 heterocycles. The third-order valence-electron chi connectivity index (χ3n) is 5.69. The van der Waals surface area contributed by atoms with Gasteiger partial charge in [-0.2, -0.15) is 5.10 Å². The number of benzene rings is 1. The van der Waals surface area contributed by atoms with Gasteiger partial charge in [-0.15, -0.1) is 24.0 Å². The van der Waals surface area contributed by atoms with Crippen LogP contribution >= 0.6 is 24.0 Å². The summed E-state index contributed by atoms with van der Waals surface area (Å²) in [7, 11) is 1.67. The Morgan fingerprint density at radius 1 is 1.28 bits per heavy atom. The monoisotopic (exact) mass is 554 g/mol. The van der Waals surface area contributed by atoms with E-state index in [0.29, 0.717) is 12.6 Å². The molecule has 8 heteroatoms. The summed E-state index contributed by atoms with van der Waals surface area (Å²) in [6.45, 7) is 9.64. The number of guanidine groups is 1. The van der Waals surface area contributed by atoms with E-state index in [4.69, 9.17) is 9.73 Å². The number of nitrogens with zero attached hydrogens (tertiary/aromatic N) is 4. The normalized spacial score (nSPS) is 16.2. The Labute approximate surface area is 209 Å². The molecule has 2 N–H and O–H groups in total. The fraction of sp³-hybridized carbons (Fsp3) is 0.625. The van der Waals surface area contributed by atoms with Crippen LogP contribution < -0.4 is 10.6 Å². The Morgan fingerprint density at radius 3 is 2.78 bits per heavy atom. The molecular formula is C24H39IN6O. The number of aliphatic imine (C=N–C) groups is 1. The molecule has 1 aromatic heterocycles. The Kier molecular flexibility index (Phi) is 10.9. The second kappa shape index (κ2) is 13.1. The maximum absolute atomic E-state index is 5.16. The molecule has 1 aromatic carbocycles. The van der Waals surface area contributed by atoms with Crippen molar-refractivity contribution in [2.45, 2.75) is 72.1 Å². The van der Waals surface area contributed by atoms with Gasteiger partial charge in [0.2, 0.25) is 0 Å². The first-order valence-electron chi connectivity index (χ1n) is 11.5. The maximum atomic E-state index is 5.16. The molecule has 1 unspecified atom stereocenters. The van der Waals surface area contributed by atoms with Crippen LogP contribution in [0.15, 0.2) is 35.3 Å². The number of methoxy groups -OCH3 is 1. The molecule has 1 aliphatic rings. The summed E-state index contributed by atoms with van der Waals surface area (Å²) in [5, 5.41) is 11.6. The van der Waals surface area contributed by atoms with Gasteiger partial charge in [-0.25, -0.2) is 9.67 Å². The molecule has 1 aliphatic heterocycles. The average molecular weight is 555 g/mol. The molecule has 178 valence electrons. The van der Waals surface area contributed by atoms with Crippen molar-refractivity contribution in [3.63, 3.8) is 0 Å². The predicted molar refractivity (Wildman–Crippen MR) is 141 cm³/mol. The number of halogens is 1. The molecule has 0 bridgehead atoms. The summed E-state index contributed by atoms with van der Waals surface area (Å²) in [4.78, 5) is 9.49. The Bertz CT molecular complexity index is 836. The highest BCUT2D eigenvalue weighted by Gasteiger charge is 2.23. The second-order valence-corrected chi connectivity index (χ2v) is 9.14. The van der Waals surface area contributed by atoms with Crippen molar-refractivity contribution in [3.8, 4) is 0 Å². The topological polar surface area (TPSA) is 76.4 Å². The molecule has 3 rings (SSSR count). The molecule has 32 heavy (non-hydrogen) atoms. The molecule has 1 atom stereocenters. The lowest BCUT2D eigenvalue weighted by atomic mass is 9.86. The molecule has 0 saturated carbocycles. The molecule has 0 fully saturated rings. The molecule has 0 radical (unpaired) electrons. The van der Waals surface area contributed by atoms with Gasteiger partial charge in [0.05, 0.1) is 6.54 Å². The van der Waals surface area contributed by atoms with E-state index in [1.807, 2.05) is 4.68 Å². The lowest BCUT2D eigenvalue weighted by molar-refractivity contribution is 0.177. The minimum Gasteiger partial charge on any atom is -0.377 e. The maximum Gasteiger partial charge on any atom is 0.191 e. The lowest BCUT2D eigenvalue weighted by Crippen LogP contribution is -2.47. The SMILES string of the molecule is CCNC(=NCC(C)(C)CCCc1ccccc1)NC1CCc2nc(COC)nn2C1.I. The van der Waals surface area contributed by atoms with Crippen LogP contribution in [-0.2, 0) is 30.7 Å². The van der Waals surface area contributed by atoms with Crippen LogP contribution in [0, 0.1) is 5.41 Å². The quantitative estimate of drug-likeness (QED) is 0.264. The van der Waals surface area contributed by atoms with E-state index in [1.54, 1.807) is 7.11 Å². The van der Waals surface area contributed by atoms with E-state index in [0.717, 1.165) is 62.9 Å². The number of fused-ring (bicyclic) bond motifs is 1. The van der Waals surface area contributed by atoms with Gasteiger partial charge in [0.25, 0.3) is 0 Å². The van der Waals surface area contributed by atoms with E-state index < -0.39 is 0 Å². The van der Waals surface area contributed by atoms with Gasteiger partial charge in [-0.05, 0) is 43.6 Å². The smallest absolute Gasteiger partial charge is 0.191 e. The molecule has 0 spiro atoms. The lowest BCUT2D eigenvalue weighted by Gasteiger charge is -2.27. The molecule has 0 aliphatic carbocycles. The first-order chi connectivity index (χ1) is 15.0. The van der Waals surface area contributed by atoms with Gasteiger partial charge in [-0.3, -0.25) is 4.99 Å². The number of nitrogens with one attached hydrogen (secondary N) is 2. The van der Waals surface area contributed by atoms with E-state index in [-0.39, 0.29) is 29.4 Å². The first-order valence-corrected chi connectivity index (χ1v) is 11.5. The van der Waals surface area contributed by atoms with Crippen molar-refractivity contribution in [1.82, 2.24) is 25.4 Å². The summed E-state index contributed by atoms with van der Waals surface area (Å²) >= 11 is 0. The Morgan fingerprint density at radius 2 is 2.06 bits per heavy atom. The molecule has 7 nitrogen and oxygen atoms in total. The van der Waals surface area contributed by atoms with E-state index in [9.17, 15) is 0 Å². The summed E-state index contributed by atoms with van der Waals surface area (Å²) in [6.07, 6.45) is 5.39. The number of aromatic nitrogens is 3. The third-order valence-corrected chi connectivity index (χ3v) is 5.69. The molecule has 0 saturated heterocycles. The van der Waals surface area contributed by atoms with Gasteiger partial charge in [0.1, 0.15) is 12.4 Å². The van der Waals surface area contributed by atoms with E-state index in [2.05, 4.69) is 71.8 Å². The van der Waals surface area contributed by atoms with Crippen LogP contribution in [0.4, 0.5) is 0 Å². The van der Waals surface area contributed by atoms with Crippen LogP contribution in [0.1, 0.15) is 57.2 Å². The fourth-order valence-corrected chi connectivity index (χ4v) is 3.97. The number of ether oxygens (including phenoxy) is 1. The highest BCUT2D eigenvalue weighted by atomic mass is 127. The number of rotatable bonds is 10. The van der Waals surface area contributed by atoms with Crippen molar-refractivity contribution >= 4 is 29.9 Å². The van der Waals surface area contributed by atoms with Gasteiger partial charge in [0, 0.05) is 32.7 Å². The first kappa shape index (κ1) is 26.6. The van der Waals surface area contributed by atoms with Crippen molar-refractivity contribution in [2.75, 3.05) is 20.2 Å². The highest BCUT2D eigenvalue weighted by molar-refractivity contribution is 14.0. The van der Waals surface area contributed by atoms with Crippen LogP contribution in [0.2, 0.25) is 0 Å². The zero-order valence-electron chi connectivity index (χ0n) is 19.9. The van der Waals surface area contributed by atoms with Gasteiger partial charge < -0.3 is 15.4 Å². The van der Waals surface area contributed by atoms with Crippen LogP contribution in [0.3, 0.4) is 0 Å². The second-order valence-electron chi connectivity index (χ2n) is 9.14. The summed E-state index contributed by atoms with van der Waals surface area (Å²) in [5.41, 5.74) is 1.58. The van der Waals surface area contributed by atoms with Gasteiger partial charge >= 0.3 is 0 Å². The van der Waals surface area contributed by atoms with Crippen LogP contribution in [-0.4, -0.2) is 47.0 Å². The molecule has 2 aromatic rings. The summed E-state index contributed by atoms with van der Waals surface area (Å²) in [5.74, 6) is 2.70. The summed E-state index contributed by atoms with van der Waals surface area (Å²) in [6, 6.07) is 11.0. The molecular weight excluding hydrogens is 515 g/mol. The van der Waals surface area contributed by atoms with Gasteiger partial charge in [0.15, 0.2) is 11.8 Å². The Hall–Kier alpha value is -1.68. The van der Waals surface area contributed by atoms with Crippen molar-refractivity contribution in [1.29, 1.82) is 0 Å². The largest absolute Gasteiger partial charge is 0.377 e. The fourth-order valence-electron chi connectivity index (χ4n) is 3.97. The average Bonchev–Trinajstić information content (AvgIpc) is 3.15. The Balaban J connectivity index is 0.00000363. The summed E-state index contributed by atoms with van der Waals surface area (Å²) < 4.78 is 7.17. The zero-order valence-corrected chi connectivity index (χ0v) is 22.3. The highest BCUT2D eigenvalue weighted by Crippen LogP contribution is 2.24. The van der Waals surface area contributed by atoms with Crippen LogP contribution in [0.25, 0.3) is 0 Å². The van der Waals surface area contributed by atoms with Crippen molar-refractivity contribution < 1.29 is 4.74 Å². The van der Waals surface area contributed by atoms with E-state index >= 15 is 0 Å². The van der Waals surface area contributed by atoms with Crippen LogP contribution in [0.5, 0.6) is 0 Å². The number of aryl methyl sites for hydroxylation is 2. The minimum absolute atomic E-state index is 0. The predicted octanol–water partition coefficient (Wildman–Crippen LogP) is 3.96. The van der Waals surface area contributed by atoms with Crippen molar-refractivity contribution in [3.05, 3.63) is 47.5 Å². The van der Waals surface area contributed by atoms with Gasteiger partial charge in [-0.1, -0.05) is 44.2 Å². The third kappa shape index (κ3) is 8.35. The number of hydrogen-bond donors (Lipinski definition) is 2. The molecule has 0 amide bonds.